The van der Waals surface area contributed by atoms with Gasteiger partial charge in [0, 0.05) is 45.8 Å². The topological polar surface area (TPSA) is 74.6 Å². The van der Waals surface area contributed by atoms with E-state index in [1.165, 1.54) is 0 Å². The fourth-order valence-corrected chi connectivity index (χ4v) is 3.52. The minimum absolute atomic E-state index is 0.0164. The van der Waals surface area contributed by atoms with Gasteiger partial charge in [-0.1, -0.05) is 24.3 Å². The van der Waals surface area contributed by atoms with Crippen molar-refractivity contribution >= 4 is 22.9 Å². The minimum Gasteiger partial charge on any atom is -0.357 e. The van der Waals surface area contributed by atoms with E-state index in [4.69, 9.17) is 4.99 Å². The molecule has 31 heavy (non-hydrogen) atoms. The van der Waals surface area contributed by atoms with Crippen LogP contribution in [0, 0.1) is 6.92 Å². The van der Waals surface area contributed by atoms with Gasteiger partial charge >= 0.3 is 0 Å². The fraction of sp³-hybridized carbons (Fsp3) is 0.375. The second kappa shape index (κ2) is 10.6. The van der Waals surface area contributed by atoms with Gasteiger partial charge in [-0.25, -0.2) is 4.98 Å². The van der Waals surface area contributed by atoms with Crippen LogP contribution >= 0.6 is 0 Å². The number of para-hydroxylation sites is 2. The van der Waals surface area contributed by atoms with Crippen LogP contribution in [0.1, 0.15) is 28.7 Å². The predicted octanol–water partition coefficient (Wildman–Crippen LogP) is 2.84. The van der Waals surface area contributed by atoms with E-state index in [1.807, 2.05) is 49.4 Å². The molecule has 1 amide bonds. The monoisotopic (exact) mass is 420 g/mol. The molecule has 1 heterocycles. The Morgan fingerprint density at radius 2 is 1.94 bits per heavy atom. The number of aliphatic imine (C=N–C) groups is 1. The molecule has 0 aliphatic rings. The van der Waals surface area contributed by atoms with E-state index < -0.39 is 0 Å². The number of imidazole rings is 1. The molecule has 3 rings (SSSR count). The van der Waals surface area contributed by atoms with Crippen molar-refractivity contribution in [2.24, 2.45) is 4.99 Å². The van der Waals surface area contributed by atoms with Gasteiger partial charge in [-0.05, 0) is 50.1 Å². The Morgan fingerprint density at radius 3 is 2.71 bits per heavy atom. The molecule has 0 spiro atoms. The summed E-state index contributed by atoms with van der Waals surface area (Å²) in [5.74, 6) is 1.82. The SMILES string of the molecule is CCNC(=NCCc1cccc(C(=O)N(C)C)c1)NCCn1c(C)nc2ccccc21. The Bertz CT molecular complexity index is 1050. The fourth-order valence-electron chi connectivity index (χ4n) is 3.52. The van der Waals surface area contributed by atoms with Crippen LogP contribution in [0.5, 0.6) is 0 Å². The molecule has 2 N–H and O–H groups in total. The largest absolute Gasteiger partial charge is 0.357 e. The molecule has 0 fully saturated rings. The maximum Gasteiger partial charge on any atom is 0.253 e. The number of nitrogens with zero attached hydrogens (tertiary/aromatic N) is 4. The second-order valence-corrected chi connectivity index (χ2v) is 7.64. The zero-order valence-corrected chi connectivity index (χ0v) is 18.9. The summed E-state index contributed by atoms with van der Waals surface area (Å²) in [4.78, 5) is 23.1. The number of hydrogen-bond acceptors (Lipinski definition) is 3. The number of carbonyl (C=O) groups is 1. The molecule has 0 aliphatic heterocycles. The molecule has 3 aromatic rings. The second-order valence-electron chi connectivity index (χ2n) is 7.64. The standard InChI is InChI=1S/C24H32N6O/c1-5-25-24(26-14-13-19-9-8-10-20(17-19)23(31)29(3)4)27-15-16-30-18(2)28-21-11-6-7-12-22(21)30/h6-12,17H,5,13-16H2,1-4H3,(H2,25,26,27). The first-order valence-electron chi connectivity index (χ1n) is 10.7. The number of guanidine groups is 1. The van der Waals surface area contributed by atoms with Crippen LogP contribution in [0.2, 0.25) is 0 Å². The molecule has 164 valence electrons. The number of amides is 1. The van der Waals surface area contributed by atoms with E-state index in [-0.39, 0.29) is 5.91 Å². The average Bonchev–Trinajstić information content (AvgIpc) is 3.08. The quantitative estimate of drug-likeness (QED) is 0.434. The van der Waals surface area contributed by atoms with Crippen LogP contribution in [0.4, 0.5) is 0 Å². The zero-order chi connectivity index (χ0) is 22.2. The van der Waals surface area contributed by atoms with Gasteiger partial charge in [0.15, 0.2) is 5.96 Å². The molecule has 0 radical (unpaired) electrons. The van der Waals surface area contributed by atoms with Crippen molar-refractivity contribution < 1.29 is 4.79 Å². The lowest BCUT2D eigenvalue weighted by Gasteiger charge is -2.13. The van der Waals surface area contributed by atoms with Crippen molar-refractivity contribution in [2.45, 2.75) is 26.8 Å². The number of hydrogen-bond donors (Lipinski definition) is 2. The molecule has 0 unspecified atom stereocenters. The molecule has 7 nitrogen and oxygen atoms in total. The first-order valence-corrected chi connectivity index (χ1v) is 10.7. The Kier molecular flexibility index (Phi) is 7.65. The van der Waals surface area contributed by atoms with Crippen LogP contribution in [-0.4, -0.2) is 60.0 Å². The number of aromatic nitrogens is 2. The molecule has 7 heteroatoms. The zero-order valence-electron chi connectivity index (χ0n) is 18.9. The van der Waals surface area contributed by atoms with Crippen LogP contribution in [0.3, 0.4) is 0 Å². The molecule has 0 aliphatic carbocycles. The molecular weight excluding hydrogens is 388 g/mol. The summed E-state index contributed by atoms with van der Waals surface area (Å²) in [6.45, 7) is 7.09. The van der Waals surface area contributed by atoms with E-state index in [2.05, 4.69) is 33.2 Å². The molecule has 0 atom stereocenters. The average molecular weight is 421 g/mol. The van der Waals surface area contributed by atoms with Gasteiger partial charge in [0.05, 0.1) is 11.0 Å². The van der Waals surface area contributed by atoms with Crippen LogP contribution in [0.15, 0.2) is 53.5 Å². The van der Waals surface area contributed by atoms with Crippen molar-refractivity contribution in [3.05, 3.63) is 65.5 Å². The van der Waals surface area contributed by atoms with Crippen molar-refractivity contribution in [1.29, 1.82) is 0 Å². The highest BCUT2D eigenvalue weighted by atomic mass is 16.2. The van der Waals surface area contributed by atoms with Gasteiger partial charge in [0.25, 0.3) is 5.91 Å². The number of rotatable bonds is 8. The smallest absolute Gasteiger partial charge is 0.253 e. The Labute approximate surface area is 184 Å². The van der Waals surface area contributed by atoms with E-state index in [0.717, 1.165) is 54.4 Å². The molecular formula is C24H32N6O. The third-order valence-electron chi connectivity index (χ3n) is 5.07. The third-order valence-corrected chi connectivity index (χ3v) is 5.07. The first kappa shape index (κ1) is 22.3. The molecule has 0 bridgehead atoms. The van der Waals surface area contributed by atoms with Gasteiger partial charge in [0.2, 0.25) is 0 Å². The number of nitrogens with one attached hydrogen (secondary N) is 2. The molecule has 1 aromatic heterocycles. The number of fused-ring (bicyclic) bond motifs is 1. The molecule has 0 saturated heterocycles. The van der Waals surface area contributed by atoms with Crippen molar-refractivity contribution in [2.75, 3.05) is 33.7 Å². The van der Waals surface area contributed by atoms with Crippen molar-refractivity contribution in [1.82, 2.24) is 25.1 Å². The number of carbonyl (C=O) groups excluding carboxylic acids is 1. The summed E-state index contributed by atoms with van der Waals surface area (Å²) in [6, 6.07) is 16.0. The Hall–Kier alpha value is -3.35. The van der Waals surface area contributed by atoms with Gasteiger partial charge in [-0.15, -0.1) is 0 Å². The van der Waals surface area contributed by atoms with Gasteiger partial charge < -0.3 is 20.1 Å². The maximum absolute atomic E-state index is 12.2. The van der Waals surface area contributed by atoms with Crippen molar-refractivity contribution in [3.63, 3.8) is 0 Å². The highest BCUT2D eigenvalue weighted by molar-refractivity contribution is 5.94. The van der Waals surface area contributed by atoms with E-state index in [1.54, 1.807) is 19.0 Å². The Morgan fingerprint density at radius 1 is 1.13 bits per heavy atom. The first-order chi connectivity index (χ1) is 15.0. The summed E-state index contributed by atoms with van der Waals surface area (Å²) >= 11 is 0. The Balaban J connectivity index is 1.57. The van der Waals surface area contributed by atoms with Gasteiger partial charge in [-0.3, -0.25) is 9.79 Å². The maximum atomic E-state index is 12.2. The number of benzene rings is 2. The highest BCUT2D eigenvalue weighted by Crippen LogP contribution is 2.14. The van der Waals surface area contributed by atoms with Crippen LogP contribution < -0.4 is 10.6 Å². The summed E-state index contributed by atoms with van der Waals surface area (Å²) < 4.78 is 2.22. The van der Waals surface area contributed by atoms with Gasteiger partial charge in [0.1, 0.15) is 5.82 Å². The van der Waals surface area contributed by atoms with E-state index in [9.17, 15) is 4.79 Å². The normalized spacial score (nSPS) is 11.5. The third kappa shape index (κ3) is 5.84. The summed E-state index contributed by atoms with van der Waals surface area (Å²) in [5.41, 5.74) is 3.98. The van der Waals surface area contributed by atoms with Crippen LogP contribution in [-0.2, 0) is 13.0 Å². The van der Waals surface area contributed by atoms with Crippen molar-refractivity contribution in [3.8, 4) is 0 Å². The summed E-state index contributed by atoms with van der Waals surface area (Å²) in [6.07, 6.45) is 0.774. The van der Waals surface area contributed by atoms with Crippen LogP contribution in [0.25, 0.3) is 11.0 Å². The van der Waals surface area contributed by atoms with E-state index >= 15 is 0 Å². The molecule has 0 saturated carbocycles. The van der Waals surface area contributed by atoms with E-state index in [0.29, 0.717) is 12.1 Å². The summed E-state index contributed by atoms with van der Waals surface area (Å²) in [5, 5.41) is 6.71. The minimum atomic E-state index is 0.0164. The number of aryl methyl sites for hydroxylation is 1. The lowest BCUT2D eigenvalue weighted by molar-refractivity contribution is 0.0827. The highest BCUT2D eigenvalue weighted by Gasteiger charge is 2.08. The van der Waals surface area contributed by atoms with Gasteiger partial charge in [-0.2, -0.15) is 0 Å². The summed E-state index contributed by atoms with van der Waals surface area (Å²) in [7, 11) is 3.53. The lowest BCUT2D eigenvalue weighted by Crippen LogP contribution is -2.39. The predicted molar refractivity (Wildman–Crippen MR) is 127 cm³/mol. The lowest BCUT2D eigenvalue weighted by atomic mass is 10.1. The molecule has 2 aromatic carbocycles.